The Morgan fingerprint density at radius 2 is 2.05 bits per heavy atom. The minimum absolute atomic E-state index is 0.0688. The Bertz CT molecular complexity index is 660. The molecule has 21 heavy (non-hydrogen) atoms. The van der Waals surface area contributed by atoms with Crippen molar-refractivity contribution in [1.82, 2.24) is 15.4 Å². The molecule has 3 atom stereocenters. The molecule has 0 bridgehead atoms. The molecular formula is C16H18N4O. The molecule has 2 fully saturated rings. The minimum Gasteiger partial charge on any atom is -0.337 e. The molecule has 2 aromatic rings. The molecule has 1 unspecified atom stereocenters. The third kappa shape index (κ3) is 2.33. The number of carbonyl (C=O) groups is 1. The zero-order chi connectivity index (χ0) is 14.2. The van der Waals surface area contributed by atoms with Crippen molar-refractivity contribution >= 4 is 23.2 Å². The van der Waals surface area contributed by atoms with Gasteiger partial charge in [0.1, 0.15) is 0 Å². The number of benzene rings is 1. The van der Waals surface area contributed by atoms with Crippen molar-refractivity contribution in [2.24, 2.45) is 22.9 Å². The summed E-state index contributed by atoms with van der Waals surface area (Å²) in [6.07, 6.45) is 6.52. The molecule has 2 saturated carbocycles. The maximum Gasteiger partial charge on any atom is 0.243 e. The van der Waals surface area contributed by atoms with Gasteiger partial charge in [-0.2, -0.15) is 5.10 Å². The van der Waals surface area contributed by atoms with Gasteiger partial charge < -0.3 is 4.98 Å². The van der Waals surface area contributed by atoms with Gasteiger partial charge in [0, 0.05) is 5.92 Å². The molecule has 0 aliphatic heterocycles. The third-order valence-electron chi connectivity index (χ3n) is 4.73. The number of fused-ring (bicyclic) bond motifs is 2. The van der Waals surface area contributed by atoms with Crippen molar-refractivity contribution in [3.63, 3.8) is 0 Å². The molecule has 2 aliphatic carbocycles. The van der Waals surface area contributed by atoms with Crippen molar-refractivity contribution in [2.45, 2.75) is 25.7 Å². The van der Waals surface area contributed by atoms with E-state index in [1.807, 2.05) is 24.3 Å². The highest BCUT2D eigenvalue weighted by Crippen LogP contribution is 2.55. The summed E-state index contributed by atoms with van der Waals surface area (Å²) in [7, 11) is 0. The van der Waals surface area contributed by atoms with Gasteiger partial charge in [0.15, 0.2) is 5.82 Å². The largest absolute Gasteiger partial charge is 0.337 e. The number of aromatic amines is 1. The molecule has 108 valence electrons. The summed E-state index contributed by atoms with van der Waals surface area (Å²) in [6, 6.07) is 7.81. The molecule has 0 spiro atoms. The highest BCUT2D eigenvalue weighted by atomic mass is 16.2. The number of hydrazone groups is 1. The van der Waals surface area contributed by atoms with Gasteiger partial charge in [0.05, 0.1) is 17.2 Å². The fourth-order valence-electron chi connectivity index (χ4n) is 3.65. The van der Waals surface area contributed by atoms with Crippen LogP contribution in [0.2, 0.25) is 0 Å². The van der Waals surface area contributed by atoms with Crippen molar-refractivity contribution in [1.29, 1.82) is 0 Å². The average molecular weight is 282 g/mol. The van der Waals surface area contributed by atoms with Crippen LogP contribution in [0.4, 0.5) is 0 Å². The van der Waals surface area contributed by atoms with Crippen LogP contribution in [0.3, 0.4) is 0 Å². The molecular weight excluding hydrogens is 264 g/mol. The molecule has 0 saturated heterocycles. The zero-order valence-corrected chi connectivity index (χ0v) is 11.7. The van der Waals surface area contributed by atoms with Gasteiger partial charge >= 0.3 is 0 Å². The normalized spacial score (nSPS) is 27.7. The first-order valence-corrected chi connectivity index (χ1v) is 7.60. The summed E-state index contributed by atoms with van der Waals surface area (Å²) in [6.45, 7) is 0. The van der Waals surface area contributed by atoms with Crippen LogP contribution in [0.5, 0.6) is 0 Å². The second-order valence-corrected chi connectivity index (χ2v) is 6.01. The number of hydrogen-bond donors (Lipinski definition) is 2. The van der Waals surface area contributed by atoms with Crippen LogP contribution in [0.1, 0.15) is 31.5 Å². The molecule has 1 aromatic heterocycles. The maximum atomic E-state index is 12.1. The van der Waals surface area contributed by atoms with Crippen molar-refractivity contribution < 1.29 is 4.79 Å². The summed E-state index contributed by atoms with van der Waals surface area (Å²) >= 11 is 0. The number of nitrogens with one attached hydrogen (secondary N) is 2. The predicted octanol–water partition coefficient (Wildman–Crippen LogP) is 2.45. The smallest absolute Gasteiger partial charge is 0.243 e. The van der Waals surface area contributed by atoms with E-state index in [0.717, 1.165) is 11.0 Å². The molecule has 0 radical (unpaired) electrons. The fraction of sp³-hybridized carbons (Fsp3) is 0.438. The quantitative estimate of drug-likeness (QED) is 0.670. The van der Waals surface area contributed by atoms with Crippen LogP contribution < -0.4 is 5.43 Å². The zero-order valence-electron chi connectivity index (χ0n) is 11.7. The van der Waals surface area contributed by atoms with E-state index < -0.39 is 0 Å². The predicted molar refractivity (Wildman–Crippen MR) is 80.8 cm³/mol. The number of nitrogens with zero attached hydrogens (tertiary/aromatic N) is 2. The van der Waals surface area contributed by atoms with Gasteiger partial charge in [-0.3, -0.25) is 4.79 Å². The number of amides is 1. The van der Waals surface area contributed by atoms with Gasteiger partial charge in [0.25, 0.3) is 0 Å². The molecule has 1 amide bonds. The van der Waals surface area contributed by atoms with Gasteiger partial charge in [-0.25, -0.2) is 10.4 Å². The lowest BCUT2D eigenvalue weighted by Gasteiger charge is -2.04. The van der Waals surface area contributed by atoms with Crippen LogP contribution >= 0.6 is 0 Å². The second-order valence-electron chi connectivity index (χ2n) is 6.01. The SMILES string of the molecule is O=C(N/N=C/c1nc2ccccc2[nH]1)C1[C@H]2CCCC[C@@H]12. The third-order valence-corrected chi connectivity index (χ3v) is 4.73. The Kier molecular flexibility index (Phi) is 2.98. The summed E-state index contributed by atoms with van der Waals surface area (Å²) in [5.74, 6) is 2.14. The first kappa shape index (κ1) is 12.6. The average Bonchev–Trinajstić information content (AvgIpc) is 3.09. The molecule has 5 heteroatoms. The van der Waals surface area contributed by atoms with Gasteiger partial charge in [-0.1, -0.05) is 25.0 Å². The van der Waals surface area contributed by atoms with Crippen LogP contribution in [-0.4, -0.2) is 22.1 Å². The van der Waals surface area contributed by atoms with E-state index in [2.05, 4.69) is 20.5 Å². The van der Waals surface area contributed by atoms with Gasteiger partial charge in [-0.05, 0) is 36.8 Å². The number of imidazole rings is 1. The van der Waals surface area contributed by atoms with E-state index in [-0.39, 0.29) is 11.8 Å². The van der Waals surface area contributed by atoms with Crippen molar-refractivity contribution in [3.8, 4) is 0 Å². The van der Waals surface area contributed by atoms with Crippen LogP contribution in [-0.2, 0) is 4.79 Å². The lowest BCUT2D eigenvalue weighted by atomic mass is 10.0. The van der Waals surface area contributed by atoms with E-state index in [9.17, 15) is 4.79 Å². The number of rotatable bonds is 3. The van der Waals surface area contributed by atoms with Crippen molar-refractivity contribution in [3.05, 3.63) is 30.1 Å². The van der Waals surface area contributed by atoms with Gasteiger partial charge in [0.2, 0.25) is 5.91 Å². The standard InChI is InChI=1S/C16H18N4O/c21-16(15-10-5-1-2-6-11(10)15)20-17-9-14-18-12-7-3-4-8-13(12)19-14/h3-4,7-11,15H,1-2,5-6H2,(H,18,19)(H,20,21)/b17-9+/t10-,11+,15?. The van der Waals surface area contributed by atoms with E-state index in [1.54, 1.807) is 6.21 Å². The van der Waals surface area contributed by atoms with Crippen LogP contribution in [0.25, 0.3) is 11.0 Å². The lowest BCUT2D eigenvalue weighted by molar-refractivity contribution is -0.122. The monoisotopic (exact) mass is 282 g/mol. The summed E-state index contributed by atoms with van der Waals surface area (Å²) in [4.78, 5) is 19.6. The molecule has 1 heterocycles. The Hall–Kier alpha value is -2.17. The number of H-pyrrole nitrogens is 1. The van der Waals surface area contributed by atoms with E-state index >= 15 is 0 Å². The Morgan fingerprint density at radius 3 is 2.81 bits per heavy atom. The fourth-order valence-corrected chi connectivity index (χ4v) is 3.65. The highest BCUT2D eigenvalue weighted by Gasteiger charge is 2.54. The topological polar surface area (TPSA) is 70.1 Å². The highest BCUT2D eigenvalue weighted by molar-refractivity contribution is 5.86. The Balaban J connectivity index is 1.38. The summed E-state index contributed by atoms with van der Waals surface area (Å²) < 4.78 is 0. The van der Waals surface area contributed by atoms with Crippen LogP contribution in [0, 0.1) is 17.8 Å². The maximum absolute atomic E-state index is 12.1. The van der Waals surface area contributed by atoms with Gasteiger partial charge in [-0.15, -0.1) is 0 Å². The van der Waals surface area contributed by atoms with Crippen LogP contribution in [0.15, 0.2) is 29.4 Å². The van der Waals surface area contributed by atoms with Crippen molar-refractivity contribution in [2.75, 3.05) is 0 Å². The second kappa shape index (κ2) is 4.98. The summed E-state index contributed by atoms with van der Waals surface area (Å²) in [5.41, 5.74) is 4.54. The number of para-hydroxylation sites is 2. The number of carbonyl (C=O) groups excluding carboxylic acids is 1. The van der Waals surface area contributed by atoms with E-state index in [1.165, 1.54) is 25.7 Å². The first-order chi connectivity index (χ1) is 10.3. The summed E-state index contributed by atoms with van der Waals surface area (Å²) in [5, 5.41) is 4.04. The lowest BCUT2D eigenvalue weighted by Crippen LogP contribution is -2.20. The molecule has 2 N–H and O–H groups in total. The molecule has 4 rings (SSSR count). The first-order valence-electron chi connectivity index (χ1n) is 7.60. The Labute approximate surface area is 122 Å². The number of aromatic nitrogens is 2. The molecule has 1 aromatic carbocycles. The van der Waals surface area contributed by atoms with E-state index in [4.69, 9.17) is 0 Å². The Morgan fingerprint density at radius 1 is 1.29 bits per heavy atom. The van der Waals surface area contributed by atoms with E-state index in [0.29, 0.717) is 17.7 Å². The minimum atomic E-state index is 0.0688. The molecule has 2 aliphatic rings. The number of hydrogen-bond acceptors (Lipinski definition) is 3. The molecule has 5 nitrogen and oxygen atoms in total.